The van der Waals surface area contributed by atoms with Crippen LogP contribution in [0.1, 0.15) is 60.3 Å². The Hall–Kier alpha value is -2.58. The molecule has 1 aromatic heterocycles. The zero-order valence-corrected chi connectivity index (χ0v) is 18.8. The van der Waals surface area contributed by atoms with Gasteiger partial charge in [0, 0.05) is 32.2 Å². The first-order valence-electron chi connectivity index (χ1n) is 11.5. The number of hydrogen-bond acceptors (Lipinski definition) is 6. The first-order chi connectivity index (χ1) is 15.5. The number of carbonyl (C=O) groups excluding carboxylic acids is 1. The van der Waals surface area contributed by atoms with Gasteiger partial charge in [0.05, 0.1) is 18.0 Å². The van der Waals surface area contributed by atoms with Crippen molar-refractivity contribution in [2.75, 3.05) is 38.6 Å². The van der Waals surface area contributed by atoms with Gasteiger partial charge in [-0.2, -0.15) is 0 Å². The summed E-state index contributed by atoms with van der Waals surface area (Å²) >= 11 is 0. The summed E-state index contributed by atoms with van der Waals surface area (Å²) in [5.74, 6) is 0.0135. The lowest BCUT2D eigenvalue weighted by Gasteiger charge is -2.34. The number of aromatic nitrogens is 2. The largest absolute Gasteiger partial charge is 0.381 e. The van der Waals surface area contributed by atoms with Crippen LogP contribution in [0.25, 0.3) is 0 Å². The third-order valence-corrected chi connectivity index (χ3v) is 6.49. The van der Waals surface area contributed by atoms with Gasteiger partial charge in [0.1, 0.15) is 17.3 Å². The van der Waals surface area contributed by atoms with Crippen molar-refractivity contribution in [2.45, 2.75) is 50.7 Å². The Labute approximate surface area is 188 Å². The minimum absolute atomic E-state index is 0.102. The van der Waals surface area contributed by atoms with E-state index in [1.807, 2.05) is 6.92 Å². The number of nitrogens with zero attached hydrogens (tertiary/aromatic N) is 3. The van der Waals surface area contributed by atoms with Gasteiger partial charge in [-0.25, -0.2) is 14.4 Å². The van der Waals surface area contributed by atoms with Crippen molar-refractivity contribution >= 4 is 11.7 Å². The molecule has 2 N–H and O–H groups in total. The van der Waals surface area contributed by atoms with Crippen molar-refractivity contribution in [2.24, 2.45) is 0 Å². The van der Waals surface area contributed by atoms with E-state index >= 15 is 0 Å². The molecule has 1 aromatic carbocycles. The lowest BCUT2D eigenvalue weighted by Crippen LogP contribution is -2.47. The minimum Gasteiger partial charge on any atom is -0.381 e. The number of benzene rings is 1. The molecular formula is C24H32FN5O2. The molecule has 1 atom stereocenters. The quantitative estimate of drug-likeness (QED) is 0.622. The number of anilines is 1. The van der Waals surface area contributed by atoms with E-state index in [0.29, 0.717) is 17.2 Å². The number of carbonyl (C=O) groups is 1. The van der Waals surface area contributed by atoms with Gasteiger partial charge in [-0.05, 0) is 56.5 Å². The van der Waals surface area contributed by atoms with Gasteiger partial charge in [0.2, 0.25) is 0 Å². The second-order valence-corrected chi connectivity index (χ2v) is 8.74. The fraction of sp³-hybridized carbons (Fsp3) is 0.542. The third-order valence-electron chi connectivity index (χ3n) is 6.49. The summed E-state index contributed by atoms with van der Waals surface area (Å²) in [4.78, 5) is 24.5. The Balaban J connectivity index is 1.50. The van der Waals surface area contributed by atoms with E-state index in [0.717, 1.165) is 44.6 Å². The highest BCUT2D eigenvalue weighted by Gasteiger charge is 2.31. The topological polar surface area (TPSA) is 79.4 Å². The lowest BCUT2D eigenvalue weighted by molar-refractivity contribution is 0.0175. The van der Waals surface area contributed by atoms with E-state index in [1.165, 1.54) is 31.2 Å². The van der Waals surface area contributed by atoms with E-state index in [-0.39, 0.29) is 29.8 Å². The highest BCUT2D eigenvalue weighted by atomic mass is 19.1. The summed E-state index contributed by atoms with van der Waals surface area (Å²) in [7, 11) is 1.69. The molecule has 0 spiro atoms. The molecule has 1 saturated heterocycles. The molecular weight excluding hydrogens is 409 g/mol. The molecule has 7 nitrogen and oxygen atoms in total. The predicted octanol–water partition coefficient (Wildman–Crippen LogP) is 3.18. The Kier molecular flexibility index (Phi) is 7.32. The number of amides is 1. The van der Waals surface area contributed by atoms with E-state index in [2.05, 4.69) is 20.5 Å². The molecule has 2 fully saturated rings. The number of halogens is 1. The molecule has 4 rings (SSSR count). The Morgan fingerprint density at radius 3 is 2.66 bits per heavy atom. The van der Waals surface area contributed by atoms with Crippen LogP contribution in [-0.4, -0.2) is 66.2 Å². The third kappa shape index (κ3) is 5.42. The standard InChI is InChI=1S/C24H32FN5O2/c1-16(17-5-7-18(25)8-6-17)22-23(26-9-12-30-10-3-4-11-30)27-15-21(29-22)24(31)28-19-13-20(14-19)32-2/h5-8,15-16,19-20H,3-4,9-14H2,1-2H3,(H,26,27)(H,28,31). The maximum Gasteiger partial charge on any atom is 0.271 e. The number of rotatable bonds is 9. The normalized spacial score (nSPS) is 21.7. The van der Waals surface area contributed by atoms with Gasteiger partial charge in [0.25, 0.3) is 5.91 Å². The van der Waals surface area contributed by atoms with Gasteiger partial charge >= 0.3 is 0 Å². The lowest BCUT2D eigenvalue weighted by atomic mass is 9.89. The molecule has 2 aliphatic rings. The van der Waals surface area contributed by atoms with Crippen LogP contribution in [-0.2, 0) is 4.74 Å². The van der Waals surface area contributed by atoms with Gasteiger partial charge < -0.3 is 20.3 Å². The molecule has 0 radical (unpaired) electrons. The molecule has 1 unspecified atom stereocenters. The molecule has 0 bridgehead atoms. The van der Waals surface area contributed by atoms with Crippen molar-refractivity contribution < 1.29 is 13.9 Å². The Morgan fingerprint density at radius 1 is 1.25 bits per heavy atom. The van der Waals surface area contributed by atoms with Crippen LogP contribution in [0.2, 0.25) is 0 Å². The maximum absolute atomic E-state index is 13.4. The molecule has 2 aromatic rings. The monoisotopic (exact) mass is 441 g/mol. The zero-order chi connectivity index (χ0) is 22.5. The van der Waals surface area contributed by atoms with Crippen LogP contribution in [0.5, 0.6) is 0 Å². The highest BCUT2D eigenvalue weighted by Crippen LogP contribution is 2.28. The molecule has 1 aliphatic carbocycles. The van der Waals surface area contributed by atoms with Crippen LogP contribution < -0.4 is 10.6 Å². The van der Waals surface area contributed by atoms with Gasteiger partial charge in [-0.1, -0.05) is 19.1 Å². The van der Waals surface area contributed by atoms with Crippen molar-refractivity contribution in [3.05, 3.63) is 53.2 Å². The smallest absolute Gasteiger partial charge is 0.271 e. The van der Waals surface area contributed by atoms with Crippen molar-refractivity contribution in [3.63, 3.8) is 0 Å². The van der Waals surface area contributed by atoms with Crippen molar-refractivity contribution in [1.29, 1.82) is 0 Å². The summed E-state index contributed by atoms with van der Waals surface area (Å²) < 4.78 is 18.7. The fourth-order valence-corrected chi connectivity index (χ4v) is 4.33. The summed E-state index contributed by atoms with van der Waals surface area (Å²) in [5.41, 5.74) is 1.90. The average Bonchev–Trinajstić information content (AvgIpc) is 3.29. The van der Waals surface area contributed by atoms with E-state index in [4.69, 9.17) is 9.72 Å². The molecule has 32 heavy (non-hydrogen) atoms. The first-order valence-corrected chi connectivity index (χ1v) is 11.5. The summed E-state index contributed by atoms with van der Waals surface area (Å²) in [6.07, 6.45) is 5.86. The van der Waals surface area contributed by atoms with Crippen molar-refractivity contribution in [3.8, 4) is 0 Å². The van der Waals surface area contributed by atoms with Crippen LogP contribution in [0, 0.1) is 5.82 Å². The van der Waals surface area contributed by atoms with Crippen LogP contribution >= 0.6 is 0 Å². The van der Waals surface area contributed by atoms with Crippen LogP contribution in [0.3, 0.4) is 0 Å². The number of hydrogen-bond donors (Lipinski definition) is 2. The fourth-order valence-electron chi connectivity index (χ4n) is 4.33. The Morgan fingerprint density at radius 2 is 1.97 bits per heavy atom. The molecule has 1 amide bonds. The van der Waals surface area contributed by atoms with Gasteiger partial charge in [0.15, 0.2) is 0 Å². The van der Waals surface area contributed by atoms with E-state index < -0.39 is 0 Å². The molecule has 1 saturated carbocycles. The Bertz CT molecular complexity index is 911. The average molecular weight is 442 g/mol. The summed E-state index contributed by atoms with van der Waals surface area (Å²) in [6.45, 7) is 5.97. The molecule has 8 heteroatoms. The molecule has 172 valence electrons. The number of nitrogens with one attached hydrogen (secondary N) is 2. The SMILES string of the molecule is COC1CC(NC(=O)c2cnc(NCCN3CCCC3)c(C(C)c3ccc(F)cc3)n2)C1. The van der Waals surface area contributed by atoms with Crippen LogP contribution in [0.4, 0.5) is 10.2 Å². The van der Waals surface area contributed by atoms with Crippen LogP contribution in [0.15, 0.2) is 30.5 Å². The molecule has 2 heterocycles. The summed E-state index contributed by atoms with van der Waals surface area (Å²) in [5, 5.41) is 6.42. The number of likely N-dealkylation sites (tertiary alicyclic amines) is 1. The van der Waals surface area contributed by atoms with E-state index in [1.54, 1.807) is 19.2 Å². The molecule has 1 aliphatic heterocycles. The highest BCUT2D eigenvalue weighted by molar-refractivity contribution is 5.92. The van der Waals surface area contributed by atoms with Gasteiger partial charge in [-0.15, -0.1) is 0 Å². The van der Waals surface area contributed by atoms with E-state index in [9.17, 15) is 9.18 Å². The minimum atomic E-state index is -0.279. The zero-order valence-electron chi connectivity index (χ0n) is 18.8. The summed E-state index contributed by atoms with van der Waals surface area (Å²) in [6, 6.07) is 6.49. The first kappa shape index (κ1) is 22.6. The number of methoxy groups -OCH3 is 1. The second kappa shape index (κ2) is 10.4. The van der Waals surface area contributed by atoms with Crippen molar-refractivity contribution in [1.82, 2.24) is 20.2 Å². The predicted molar refractivity (Wildman–Crippen MR) is 121 cm³/mol. The van der Waals surface area contributed by atoms with Gasteiger partial charge in [-0.3, -0.25) is 4.79 Å². The second-order valence-electron chi connectivity index (χ2n) is 8.74. The maximum atomic E-state index is 13.4. The number of ether oxygens (including phenoxy) is 1.